The maximum absolute atomic E-state index is 13.4. The summed E-state index contributed by atoms with van der Waals surface area (Å²) in [5, 5.41) is 3.31. The highest BCUT2D eigenvalue weighted by Crippen LogP contribution is 2.25. The Morgan fingerprint density at radius 3 is 2.16 bits per heavy atom. The van der Waals surface area contributed by atoms with Gasteiger partial charge < -0.3 is 10.1 Å². The molecular formula is C15H23F2NO. The molecule has 0 aromatic heterocycles. The summed E-state index contributed by atoms with van der Waals surface area (Å²) in [6.45, 7) is 6.89. The summed E-state index contributed by atoms with van der Waals surface area (Å²) in [6.07, 6.45) is 0.816. The highest BCUT2D eigenvalue weighted by atomic mass is 19.1. The predicted molar refractivity (Wildman–Crippen MR) is 73.0 cm³/mol. The maximum Gasteiger partial charge on any atom is 0.126 e. The first kappa shape index (κ1) is 16.1. The van der Waals surface area contributed by atoms with Crippen LogP contribution in [0.4, 0.5) is 8.78 Å². The molecule has 0 heterocycles. The van der Waals surface area contributed by atoms with Crippen LogP contribution >= 0.6 is 0 Å². The van der Waals surface area contributed by atoms with E-state index >= 15 is 0 Å². The standard InChI is InChI=1S/C15H23F2NO/c1-5-6-18-14(15(19-4)10(2)3)11-7-12(16)9-13(17)8-11/h7-10,14-15,18H,5-6H2,1-4H3. The Morgan fingerprint density at radius 1 is 1.16 bits per heavy atom. The molecule has 4 heteroatoms. The van der Waals surface area contributed by atoms with E-state index in [0.29, 0.717) is 5.56 Å². The van der Waals surface area contributed by atoms with E-state index in [1.807, 2.05) is 20.8 Å². The van der Waals surface area contributed by atoms with Gasteiger partial charge in [-0.1, -0.05) is 20.8 Å². The molecule has 0 bridgehead atoms. The number of ether oxygens (including phenoxy) is 1. The first-order valence-electron chi connectivity index (χ1n) is 6.71. The monoisotopic (exact) mass is 271 g/mol. The third-order valence-corrected chi connectivity index (χ3v) is 3.12. The van der Waals surface area contributed by atoms with E-state index in [1.165, 1.54) is 12.1 Å². The minimum Gasteiger partial charge on any atom is -0.379 e. The lowest BCUT2D eigenvalue weighted by molar-refractivity contribution is 0.0325. The zero-order chi connectivity index (χ0) is 14.4. The van der Waals surface area contributed by atoms with Gasteiger partial charge in [0.2, 0.25) is 0 Å². The van der Waals surface area contributed by atoms with Crippen molar-refractivity contribution in [1.29, 1.82) is 0 Å². The van der Waals surface area contributed by atoms with Gasteiger partial charge in [-0.2, -0.15) is 0 Å². The zero-order valence-electron chi connectivity index (χ0n) is 12.0. The topological polar surface area (TPSA) is 21.3 Å². The quantitative estimate of drug-likeness (QED) is 0.817. The summed E-state index contributed by atoms with van der Waals surface area (Å²) in [5.41, 5.74) is 0.589. The Morgan fingerprint density at radius 2 is 1.74 bits per heavy atom. The fourth-order valence-corrected chi connectivity index (χ4v) is 2.27. The van der Waals surface area contributed by atoms with Gasteiger partial charge in [0.1, 0.15) is 11.6 Å². The number of rotatable bonds is 7. The molecule has 2 nitrogen and oxygen atoms in total. The Hall–Kier alpha value is -1.00. The van der Waals surface area contributed by atoms with Crippen molar-refractivity contribution in [3.63, 3.8) is 0 Å². The molecule has 108 valence electrons. The summed E-state index contributed by atoms with van der Waals surface area (Å²) < 4.78 is 32.2. The first-order valence-corrected chi connectivity index (χ1v) is 6.71. The second-order valence-electron chi connectivity index (χ2n) is 5.08. The van der Waals surface area contributed by atoms with Gasteiger partial charge in [-0.05, 0) is 36.6 Å². The van der Waals surface area contributed by atoms with Crippen LogP contribution in [-0.4, -0.2) is 19.8 Å². The summed E-state index contributed by atoms with van der Waals surface area (Å²) in [4.78, 5) is 0. The SMILES string of the molecule is CCCNC(c1cc(F)cc(F)c1)C(OC)C(C)C. The highest BCUT2D eigenvalue weighted by molar-refractivity contribution is 5.22. The molecule has 0 aliphatic carbocycles. The van der Waals surface area contributed by atoms with Crippen molar-refractivity contribution < 1.29 is 13.5 Å². The van der Waals surface area contributed by atoms with Gasteiger partial charge in [-0.25, -0.2) is 8.78 Å². The van der Waals surface area contributed by atoms with Gasteiger partial charge in [0.05, 0.1) is 12.1 Å². The van der Waals surface area contributed by atoms with Gasteiger partial charge >= 0.3 is 0 Å². The average molecular weight is 271 g/mol. The van der Waals surface area contributed by atoms with E-state index in [1.54, 1.807) is 7.11 Å². The number of methoxy groups -OCH3 is 1. The third-order valence-electron chi connectivity index (χ3n) is 3.12. The highest BCUT2D eigenvalue weighted by Gasteiger charge is 2.26. The molecule has 2 atom stereocenters. The molecule has 0 aliphatic heterocycles. The lowest BCUT2D eigenvalue weighted by atomic mass is 9.93. The van der Waals surface area contributed by atoms with Gasteiger partial charge in [0.25, 0.3) is 0 Å². The third kappa shape index (κ3) is 4.55. The van der Waals surface area contributed by atoms with Crippen molar-refractivity contribution in [3.8, 4) is 0 Å². The van der Waals surface area contributed by atoms with Crippen molar-refractivity contribution >= 4 is 0 Å². The number of nitrogens with one attached hydrogen (secondary N) is 1. The van der Waals surface area contributed by atoms with Crippen molar-refractivity contribution in [3.05, 3.63) is 35.4 Å². The Balaban J connectivity index is 3.06. The van der Waals surface area contributed by atoms with Crippen molar-refractivity contribution in [2.75, 3.05) is 13.7 Å². The largest absolute Gasteiger partial charge is 0.379 e. The van der Waals surface area contributed by atoms with E-state index in [9.17, 15) is 8.78 Å². The zero-order valence-corrected chi connectivity index (χ0v) is 12.0. The van der Waals surface area contributed by atoms with Crippen LogP contribution in [0.5, 0.6) is 0 Å². The van der Waals surface area contributed by atoms with E-state index in [0.717, 1.165) is 19.0 Å². The Bertz CT molecular complexity index is 375. The molecule has 1 rings (SSSR count). The van der Waals surface area contributed by atoms with Crippen LogP contribution in [0.2, 0.25) is 0 Å². The van der Waals surface area contributed by atoms with Gasteiger partial charge in [-0.3, -0.25) is 0 Å². The van der Waals surface area contributed by atoms with Crippen LogP contribution in [0.1, 0.15) is 38.8 Å². The fourth-order valence-electron chi connectivity index (χ4n) is 2.27. The predicted octanol–water partition coefficient (Wildman–Crippen LogP) is 3.68. The van der Waals surface area contributed by atoms with E-state index in [4.69, 9.17) is 4.74 Å². The minimum absolute atomic E-state index is 0.132. The fraction of sp³-hybridized carbons (Fsp3) is 0.600. The minimum atomic E-state index is -0.558. The molecule has 0 radical (unpaired) electrons. The normalized spacial score (nSPS) is 14.7. The number of benzene rings is 1. The summed E-state index contributed by atoms with van der Waals surface area (Å²) >= 11 is 0. The molecule has 19 heavy (non-hydrogen) atoms. The molecule has 1 aromatic carbocycles. The number of hydrogen-bond donors (Lipinski definition) is 1. The summed E-state index contributed by atoms with van der Waals surface area (Å²) in [7, 11) is 1.63. The maximum atomic E-state index is 13.4. The molecule has 0 fully saturated rings. The Labute approximate surface area is 114 Å². The average Bonchev–Trinajstić information content (AvgIpc) is 2.32. The van der Waals surface area contributed by atoms with Crippen molar-refractivity contribution in [2.24, 2.45) is 5.92 Å². The number of halogens is 2. The van der Waals surface area contributed by atoms with Crippen LogP contribution in [-0.2, 0) is 4.74 Å². The van der Waals surface area contributed by atoms with Crippen LogP contribution in [0, 0.1) is 17.6 Å². The second kappa shape index (κ2) is 7.56. The van der Waals surface area contributed by atoms with Gasteiger partial charge in [0, 0.05) is 13.2 Å². The molecule has 0 aliphatic rings. The first-order chi connectivity index (χ1) is 8.99. The van der Waals surface area contributed by atoms with Crippen LogP contribution < -0.4 is 5.32 Å². The van der Waals surface area contributed by atoms with Crippen molar-refractivity contribution in [2.45, 2.75) is 39.3 Å². The lowest BCUT2D eigenvalue weighted by Gasteiger charge is -2.30. The van der Waals surface area contributed by atoms with Crippen LogP contribution in [0.15, 0.2) is 18.2 Å². The molecule has 0 amide bonds. The summed E-state index contributed by atoms with van der Waals surface area (Å²) in [5.74, 6) is -0.875. The molecule has 0 saturated heterocycles. The number of hydrogen-bond acceptors (Lipinski definition) is 2. The lowest BCUT2D eigenvalue weighted by Crippen LogP contribution is -2.37. The van der Waals surface area contributed by atoms with E-state index in [-0.39, 0.29) is 18.1 Å². The molecular weight excluding hydrogens is 248 g/mol. The molecule has 2 unspecified atom stereocenters. The van der Waals surface area contributed by atoms with Gasteiger partial charge in [0.15, 0.2) is 0 Å². The summed E-state index contributed by atoms with van der Waals surface area (Å²) in [6, 6.07) is 3.41. The van der Waals surface area contributed by atoms with Crippen LogP contribution in [0.3, 0.4) is 0 Å². The molecule has 1 aromatic rings. The second-order valence-corrected chi connectivity index (χ2v) is 5.08. The molecule has 1 N–H and O–H groups in total. The van der Waals surface area contributed by atoms with E-state index < -0.39 is 11.6 Å². The molecule has 0 saturated carbocycles. The van der Waals surface area contributed by atoms with Gasteiger partial charge in [-0.15, -0.1) is 0 Å². The van der Waals surface area contributed by atoms with Crippen LogP contribution in [0.25, 0.3) is 0 Å². The molecule has 0 spiro atoms. The Kier molecular flexibility index (Phi) is 6.38. The smallest absolute Gasteiger partial charge is 0.126 e. The van der Waals surface area contributed by atoms with Crippen molar-refractivity contribution in [1.82, 2.24) is 5.32 Å². The van der Waals surface area contributed by atoms with E-state index in [2.05, 4.69) is 5.32 Å².